The van der Waals surface area contributed by atoms with Gasteiger partial charge in [-0.3, -0.25) is 0 Å². The molecular weight excluding hydrogens is 168 g/mol. The first kappa shape index (κ1) is 8.07. The molecule has 13 heavy (non-hydrogen) atoms. The van der Waals surface area contributed by atoms with Crippen LogP contribution in [0.25, 0.3) is 10.9 Å². The van der Waals surface area contributed by atoms with Crippen molar-refractivity contribution in [3.8, 4) is 0 Å². The SMILES string of the molecule is NCCc1cccc2[nH]oc(=O)c12. The molecule has 0 radical (unpaired) electrons. The molecule has 0 spiro atoms. The molecule has 1 aromatic carbocycles. The summed E-state index contributed by atoms with van der Waals surface area (Å²) in [5.41, 5.74) is 6.78. The third-order valence-electron chi connectivity index (χ3n) is 2.02. The van der Waals surface area contributed by atoms with E-state index in [1.807, 2.05) is 12.1 Å². The Labute approximate surface area is 74.3 Å². The highest BCUT2D eigenvalue weighted by atomic mass is 16.5. The minimum absolute atomic E-state index is 0.320. The van der Waals surface area contributed by atoms with E-state index in [4.69, 9.17) is 5.73 Å². The van der Waals surface area contributed by atoms with Crippen LogP contribution in [0.15, 0.2) is 27.5 Å². The summed E-state index contributed by atoms with van der Waals surface area (Å²) in [5.74, 6) is 0. The van der Waals surface area contributed by atoms with Crippen LogP contribution < -0.4 is 11.4 Å². The molecule has 0 aliphatic heterocycles. The van der Waals surface area contributed by atoms with Crippen molar-refractivity contribution >= 4 is 10.9 Å². The van der Waals surface area contributed by atoms with Crippen molar-refractivity contribution in [3.63, 3.8) is 0 Å². The van der Waals surface area contributed by atoms with E-state index in [0.29, 0.717) is 18.4 Å². The zero-order valence-corrected chi connectivity index (χ0v) is 7.04. The van der Waals surface area contributed by atoms with Gasteiger partial charge in [-0.15, -0.1) is 0 Å². The number of hydrogen-bond acceptors (Lipinski definition) is 3. The van der Waals surface area contributed by atoms with Crippen LogP contribution in [-0.2, 0) is 6.42 Å². The summed E-state index contributed by atoms with van der Waals surface area (Å²) in [6.07, 6.45) is 0.694. The topological polar surface area (TPSA) is 72.0 Å². The Kier molecular flexibility index (Phi) is 1.90. The number of aromatic amines is 1. The van der Waals surface area contributed by atoms with Gasteiger partial charge in [-0.05, 0) is 24.6 Å². The molecule has 0 fully saturated rings. The van der Waals surface area contributed by atoms with Gasteiger partial charge >= 0.3 is 5.63 Å². The molecule has 0 amide bonds. The number of fused-ring (bicyclic) bond motifs is 1. The van der Waals surface area contributed by atoms with E-state index in [1.165, 1.54) is 0 Å². The van der Waals surface area contributed by atoms with E-state index in [0.717, 1.165) is 11.1 Å². The lowest BCUT2D eigenvalue weighted by Crippen LogP contribution is -2.05. The molecule has 0 aliphatic carbocycles. The Balaban J connectivity index is 2.73. The summed E-state index contributed by atoms with van der Waals surface area (Å²) >= 11 is 0. The molecule has 2 aromatic rings. The number of nitrogens with one attached hydrogen (secondary N) is 1. The molecule has 1 heterocycles. The minimum Gasteiger partial charge on any atom is -0.338 e. The maximum absolute atomic E-state index is 11.2. The highest BCUT2D eigenvalue weighted by molar-refractivity contribution is 5.80. The first-order valence-electron chi connectivity index (χ1n) is 4.12. The largest absolute Gasteiger partial charge is 0.365 e. The molecule has 0 saturated heterocycles. The van der Waals surface area contributed by atoms with Crippen molar-refractivity contribution in [1.29, 1.82) is 0 Å². The summed E-state index contributed by atoms with van der Waals surface area (Å²) in [7, 11) is 0. The van der Waals surface area contributed by atoms with Crippen molar-refractivity contribution in [2.24, 2.45) is 5.73 Å². The smallest absolute Gasteiger partial charge is 0.338 e. The third-order valence-corrected chi connectivity index (χ3v) is 2.02. The number of nitrogens with two attached hydrogens (primary N) is 1. The van der Waals surface area contributed by atoms with Gasteiger partial charge < -0.3 is 10.3 Å². The van der Waals surface area contributed by atoms with Crippen molar-refractivity contribution < 1.29 is 4.52 Å². The van der Waals surface area contributed by atoms with Gasteiger partial charge in [-0.2, -0.15) is 0 Å². The van der Waals surface area contributed by atoms with Gasteiger partial charge in [0.1, 0.15) is 0 Å². The fraction of sp³-hybridized carbons (Fsp3) is 0.222. The number of rotatable bonds is 2. The van der Waals surface area contributed by atoms with Crippen molar-refractivity contribution in [2.45, 2.75) is 6.42 Å². The molecule has 68 valence electrons. The molecule has 4 nitrogen and oxygen atoms in total. The van der Waals surface area contributed by atoms with Crippen LogP contribution in [-0.4, -0.2) is 11.7 Å². The lowest BCUT2D eigenvalue weighted by atomic mass is 10.1. The van der Waals surface area contributed by atoms with Crippen LogP contribution in [0.5, 0.6) is 0 Å². The van der Waals surface area contributed by atoms with Gasteiger partial charge in [0, 0.05) is 0 Å². The Bertz CT molecular complexity index is 470. The number of benzene rings is 1. The summed E-state index contributed by atoms with van der Waals surface area (Å²) in [4.78, 5) is 11.2. The number of hydrogen-bond donors (Lipinski definition) is 2. The Morgan fingerprint density at radius 1 is 1.46 bits per heavy atom. The van der Waals surface area contributed by atoms with Gasteiger partial charge in [0.05, 0.1) is 10.9 Å². The monoisotopic (exact) mass is 178 g/mol. The van der Waals surface area contributed by atoms with Gasteiger partial charge in [-0.25, -0.2) is 9.95 Å². The summed E-state index contributed by atoms with van der Waals surface area (Å²) in [6.45, 7) is 0.531. The molecule has 4 heteroatoms. The first-order chi connectivity index (χ1) is 6.33. The van der Waals surface area contributed by atoms with E-state index in [2.05, 4.69) is 9.68 Å². The Hall–Kier alpha value is -1.55. The third kappa shape index (κ3) is 1.25. The second kappa shape index (κ2) is 3.06. The summed E-state index contributed by atoms with van der Waals surface area (Å²) in [5, 5.41) is 3.18. The van der Waals surface area contributed by atoms with Crippen LogP contribution >= 0.6 is 0 Å². The van der Waals surface area contributed by atoms with Gasteiger partial charge in [0.2, 0.25) is 0 Å². The van der Waals surface area contributed by atoms with Crippen molar-refractivity contribution in [2.75, 3.05) is 6.54 Å². The van der Waals surface area contributed by atoms with Gasteiger partial charge in [0.25, 0.3) is 0 Å². The van der Waals surface area contributed by atoms with E-state index < -0.39 is 0 Å². The highest BCUT2D eigenvalue weighted by Crippen LogP contribution is 2.13. The quantitative estimate of drug-likeness (QED) is 0.708. The molecule has 2 rings (SSSR count). The zero-order chi connectivity index (χ0) is 9.26. The van der Waals surface area contributed by atoms with Crippen LogP contribution in [0.1, 0.15) is 5.56 Å². The highest BCUT2D eigenvalue weighted by Gasteiger charge is 2.06. The van der Waals surface area contributed by atoms with Crippen molar-refractivity contribution in [3.05, 3.63) is 34.2 Å². The predicted molar refractivity (Wildman–Crippen MR) is 49.6 cm³/mol. The second-order valence-electron chi connectivity index (χ2n) is 2.87. The molecular formula is C9H10N2O2. The normalized spacial score (nSPS) is 10.8. The van der Waals surface area contributed by atoms with Gasteiger partial charge in [0.15, 0.2) is 0 Å². The van der Waals surface area contributed by atoms with E-state index in [1.54, 1.807) is 6.07 Å². The van der Waals surface area contributed by atoms with Crippen LogP contribution in [0.2, 0.25) is 0 Å². The lowest BCUT2D eigenvalue weighted by molar-refractivity contribution is 0.399. The molecule has 1 aromatic heterocycles. The molecule has 0 bridgehead atoms. The second-order valence-corrected chi connectivity index (χ2v) is 2.87. The predicted octanol–water partition coefficient (Wildman–Crippen LogP) is 0.622. The molecule has 3 N–H and O–H groups in total. The fourth-order valence-electron chi connectivity index (χ4n) is 1.44. The van der Waals surface area contributed by atoms with E-state index in [9.17, 15) is 4.79 Å². The number of aromatic nitrogens is 1. The Morgan fingerprint density at radius 2 is 2.31 bits per heavy atom. The standard InChI is InChI=1S/C9H10N2O2/c10-5-4-6-2-1-3-7-8(6)9(12)13-11-7/h1-3,11H,4-5,10H2. The first-order valence-corrected chi connectivity index (χ1v) is 4.12. The Morgan fingerprint density at radius 3 is 3.08 bits per heavy atom. The molecule has 0 aliphatic rings. The average Bonchev–Trinajstić information content (AvgIpc) is 2.50. The van der Waals surface area contributed by atoms with Gasteiger partial charge in [-0.1, -0.05) is 12.1 Å². The van der Waals surface area contributed by atoms with Crippen LogP contribution in [0.3, 0.4) is 0 Å². The minimum atomic E-state index is -0.320. The summed E-state index contributed by atoms with van der Waals surface area (Å²) < 4.78 is 4.68. The maximum Gasteiger partial charge on any atom is 0.365 e. The lowest BCUT2D eigenvalue weighted by Gasteiger charge is -1.97. The zero-order valence-electron chi connectivity index (χ0n) is 7.04. The fourth-order valence-corrected chi connectivity index (χ4v) is 1.44. The number of H-pyrrole nitrogens is 1. The summed E-state index contributed by atoms with van der Waals surface area (Å²) in [6, 6.07) is 5.57. The molecule has 0 saturated carbocycles. The molecule has 0 atom stereocenters. The molecule has 0 unspecified atom stereocenters. The van der Waals surface area contributed by atoms with Crippen LogP contribution in [0.4, 0.5) is 0 Å². The van der Waals surface area contributed by atoms with E-state index in [-0.39, 0.29) is 5.63 Å². The maximum atomic E-state index is 11.2. The van der Waals surface area contributed by atoms with Crippen molar-refractivity contribution in [1.82, 2.24) is 5.16 Å². The van der Waals surface area contributed by atoms with E-state index >= 15 is 0 Å². The van der Waals surface area contributed by atoms with Crippen LogP contribution in [0, 0.1) is 0 Å². The average molecular weight is 178 g/mol.